The van der Waals surface area contributed by atoms with E-state index in [2.05, 4.69) is 4.98 Å². The van der Waals surface area contributed by atoms with Gasteiger partial charge in [0.15, 0.2) is 28.9 Å². The van der Waals surface area contributed by atoms with Crippen LogP contribution in [-0.4, -0.2) is 11.0 Å². The van der Waals surface area contributed by atoms with Gasteiger partial charge in [-0.3, -0.25) is 0 Å². The summed E-state index contributed by atoms with van der Waals surface area (Å²) in [7, 11) is 0. The normalized spacial score (nSPS) is 10.9. The van der Waals surface area contributed by atoms with Gasteiger partial charge in [-0.15, -0.1) is 0 Å². The minimum Gasteiger partial charge on any atom is -0.441 e. The monoisotopic (exact) mass is 307 g/mol. The third-order valence-electron chi connectivity index (χ3n) is 2.93. The van der Waals surface area contributed by atoms with E-state index in [0.29, 0.717) is 23.1 Å². The summed E-state index contributed by atoms with van der Waals surface area (Å²) in [5.74, 6) is -5.35. The van der Waals surface area contributed by atoms with Crippen molar-refractivity contribution in [2.24, 2.45) is 0 Å². The number of benzene rings is 2. The molecule has 3 aromatic rings. The number of rotatable bonds is 2. The number of hydrogen-bond acceptors (Lipinski definition) is 4. The molecule has 0 bridgehead atoms. The van der Waals surface area contributed by atoms with Crippen molar-refractivity contribution in [3.05, 3.63) is 59.2 Å². The third-order valence-corrected chi connectivity index (χ3v) is 2.93. The van der Waals surface area contributed by atoms with Crippen molar-refractivity contribution >= 4 is 17.1 Å². The van der Waals surface area contributed by atoms with Crippen LogP contribution in [0.1, 0.15) is 16.2 Å². The fourth-order valence-corrected chi connectivity index (χ4v) is 1.93. The Kier molecular flexibility index (Phi) is 3.32. The number of hydrogen-bond donors (Lipinski definition) is 0. The van der Waals surface area contributed by atoms with E-state index in [9.17, 15) is 18.0 Å². The van der Waals surface area contributed by atoms with Gasteiger partial charge in [0.2, 0.25) is 0 Å². The molecule has 0 radical (unpaired) electrons. The molecule has 0 unspecified atom stereocenters. The fourth-order valence-electron chi connectivity index (χ4n) is 1.93. The number of fused-ring (bicyclic) bond motifs is 1. The number of aromatic nitrogens is 1. The first-order chi connectivity index (χ1) is 10.5. The van der Waals surface area contributed by atoms with E-state index in [1.54, 1.807) is 13.0 Å². The predicted molar refractivity (Wildman–Crippen MR) is 70.0 cm³/mol. The zero-order valence-corrected chi connectivity index (χ0v) is 11.2. The van der Waals surface area contributed by atoms with Gasteiger partial charge in [-0.2, -0.15) is 0 Å². The maximum atomic E-state index is 13.5. The second kappa shape index (κ2) is 5.18. The minimum absolute atomic E-state index is 0.0674. The predicted octanol–water partition coefficient (Wildman–Crippen LogP) is 3.77. The largest absolute Gasteiger partial charge is 0.441 e. The Labute approximate surface area is 122 Å². The molecule has 7 heteroatoms. The number of aryl methyl sites for hydroxylation is 1. The zero-order valence-electron chi connectivity index (χ0n) is 11.2. The first-order valence-corrected chi connectivity index (χ1v) is 6.18. The highest BCUT2D eigenvalue weighted by Gasteiger charge is 2.20. The molecule has 0 aliphatic heterocycles. The summed E-state index contributed by atoms with van der Waals surface area (Å²) in [6, 6.07) is 5.84. The molecule has 2 aromatic carbocycles. The summed E-state index contributed by atoms with van der Waals surface area (Å²) in [5.41, 5.74) is 0.248. The van der Waals surface area contributed by atoms with Crippen molar-refractivity contribution in [2.75, 3.05) is 0 Å². The van der Waals surface area contributed by atoms with Crippen LogP contribution in [0.2, 0.25) is 0 Å². The Morgan fingerprint density at radius 1 is 1.14 bits per heavy atom. The van der Waals surface area contributed by atoms with Crippen molar-refractivity contribution in [1.29, 1.82) is 0 Å². The Balaban J connectivity index is 1.91. The van der Waals surface area contributed by atoms with Crippen LogP contribution in [0.3, 0.4) is 0 Å². The van der Waals surface area contributed by atoms with Gasteiger partial charge in [0.05, 0.1) is 5.56 Å². The lowest BCUT2D eigenvalue weighted by molar-refractivity contribution is 0.0728. The molecule has 22 heavy (non-hydrogen) atoms. The van der Waals surface area contributed by atoms with Gasteiger partial charge in [0.25, 0.3) is 0 Å². The number of nitrogens with zero attached hydrogens (tertiary/aromatic N) is 1. The molecule has 0 N–H and O–H groups in total. The summed E-state index contributed by atoms with van der Waals surface area (Å²) in [4.78, 5) is 15.9. The van der Waals surface area contributed by atoms with Crippen LogP contribution in [0.15, 0.2) is 34.7 Å². The van der Waals surface area contributed by atoms with Crippen molar-refractivity contribution in [3.63, 3.8) is 0 Å². The zero-order chi connectivity index (χ0) is 15.9. The van der Waals surface area contributed by atoms with Crippen LogP contribution >= 0.6 is 0 Å². The lowest BCUT2D eigenvalue weighted by atomic mass is 10.2. The quantitative estimate of drug-likeness (QED) is 0.411. The van der Waals surface area contributed by atoms with Crippen molar-refractivity contribution in [2.45, 2.75) is 6.92 Å². The van der Waals surface area contributed by atoms with E-state index in [-0.39, 0.29) is 5.75 Å². The average molecular weight is 307 g/mol. The van der Waals surface area contributed by atoms with Crippen LogP contribution in [0, 0.1) is 24.4 Å². The second-order valence-corrected chi connectivity index (χ2v) is 4.47. The molecule has 0 aliphatic rings. The number of halogens is 3. The SMILES string of the molecule is Cc1nc2ccc(OC(=O)c3ccc(F)c(F)c3F)cc2o1. The fraction of sp³-hybridized carbons (Fsp3) is 0.0667. The summed E-state index contributed by atoms with van der Waals surface area (Å²) in [5, 5.41) is 0. The lowest BCUT2D eigenvalue weighted by Crippen LogP contribution is -2.12. The molecule has 0 spiro atoms. The van der Waals surface area contributed by atoms with Crippen LogP contribution in [0.25, 0.3) is 11.1 Å². The number of carbonyl (C=O) groups is 1. The molecule has 112 valence electrons. The highest BCUT2D eigenvalue weighted by atomic mass is 19.2. The van der Waals surface area contributed by atoms with E-state index in [4.69, 9.17) is 9.15 Å². The maximum absolute atomic E-state index is 13.5. The number of carbonyl (C=O) groups excluding carboxylic acids is 1. The second-order valence-electron chi connectivity index (χ2n) is 4.47. The molecular weight excluding hydrogens is 299 g/mol. The standard InChI is InChI=1S/C15H8F3NO3/c1-7-19-11-5-2-8(6-12(11)21-7)22-15(20)9-3-4-10(16)14(18)13(9)17/h2-6H,1H3. The van der Waals surface area contributed by atoms with Crippen molar-refractivity contribution < 1.29 is 27.1 Å². The van der Waals surface area contributed by atoms with Gasteiger partial charge < -0.3 is 9.15 Å². The highest BCUT2D eigenvalue weighted by molar-refractivity contribution is 5.91. The maximum Gasteiger partial charge on any atom is 0.346 e. The number of ether oxygens (including phenoxy) is 1. The van der Waals surface area contributed by atoms with E-state index >= 15 is 0 Å². The van der Waals surface area contributed by atoms with Gasteiger partial charge >= 0.3 is 5.97 Å². The smallest absolute Gasteiger partial charge is 0.346 e. The van der Waals surface area contributed by atoms with Gasteiger partial charge in [-0.05, 0) is 24.3 Å². The molecule has 0 saturated heterocycles. The molecule has 3 rings (SSSR count). The first-order valence-electron chi connectivity index (χ1n) is 6.18. The van der Waals surface area contributed by atoms with E-state index < -0.39 is 29.0 Å². The molecular formula is C15H8F3NO3. The first kappa shape index (κ1) is 14.1. The summed E-state index contributed by atoms with van der Waals surface area (Å²) >= 11 is 0. The van der Waals surface area contributed by atoms with Gasteiger partial charge in [-0.25, -0.2) is 22.9 Å². The number of oxazole rings is 1. The van der Waals surface area contributed by atoms with Gasteiger partial charge in [-0.1, -0.05) is 0 Å². The molecule has 0 fully saturated rings. The van der Waals surface area contributed by atoms with Crippen molar-refractivity contribution in [1.82, 2.24) is 4.98 Å². The van der Waals surface area contributed by atoms with E-state index in [1.807, 2.05) is 0 Å². The van der Waals surface area contributed by atoms with Crippen LogP contribution in [0.5, 0.6) is 5.75 Å². The number of esters is 1. The van der Waals surface area contributed by atoms with E-state index in [1.165, 1.54) is 12.1 Å². The molecule has 0 atom stereocenters. The Morgan fingerprint density at radius 3 is 2.68 bits per heavy atom. The molecule has 1 heterocycles. The van der Waals surface area contributed by atoms with Crippen LogP contribution in [0.4, 0.5) is 13.2 Å². The molecule has 4 nitrogen and oxygen atoms in total. The highest BCUT2D eigenvalue weighted by Crippen LogP contribution is 2.23. The summed E-state index contributed by atoms with van der Waals surface area (Å²) in [6.45, 7) is 1.66. The van der Waals surface area contributed by atoms with Crippen LogP contribution < -0.4 is 4.74 Å². The van der Waals surface area contributed by atoms with Crippen molar-refractivity contribution in [3.8, 4) is 5.75 Å². The lowest BCUT2D eigenvalue weighted by Gasteiger charge is -2.05. The third kappa shape index (κ3) is 2.41. The topological polar surface area (TPSA) is 52.3 Å². The Morgan fingerprint density at radius 2 is 1.91 bits per heavy atom. The van der Waals surface area contributed by atoms with Crippen LogP contribution in [-0.2, 0) is 0 Å². The minimum atomic E-state index is -1.73. The Hall–Kier alpha value is -2.83. The summed E-state index contributed by atoms with van der Waals surface area (Å²) in [6.07, 6.45) is 0. The van der Waals surface area contributed by atoms with Gasteiger partial charge in [0.1, 0.15) is 11.3 Å². The molecule has 0 amide bonds. The average Bonchev–Trinajstić information content (AvgIpc) is 2.84. The molecule has 0 aliphatic carbocycles. The van der Waals surface area contributed by atoms with E-state index in [0.717, 1.165) is 6.07 Å². The molecule has 1 aromatic heterocycles. The summed E-state index contributed by atoms with van der Waals surface area (Å²) < 4.78 is 49.7. The van der Waals surface area contributed by atoms with Gasteiger partial charge in [0, 0.05) is 13.0 Å². The Bertz CT molecular complexity index is 889. The molecule has 0 saturated carbocycles.